The molecule has 1 aromatic carbocycles. The van der Waals surface area contributed by atoms with Crippen LogP contribution in [0.15, 0.2) is 22.7 Å². The summed E-state index contributed by atoms with van der Waals surface area (Å²) in [6.07, 6.45) is 0. The van der Waals surface area contributed by atoms with Gasteiger partial charge in [-0.1, -0.05) is 15.9 Å². The van der Waals surface area contributed by atoms with E-state index in [-0.39, 0.29) is 5.91 Å². The van der Waals surface area contributed by atoms with E-state index in [0.717, 1.165) is 28.9 Å². The highest BCUT2D eigenvalue weighted by molar-refractivity contribution is 9.10. The second kappa shape index (κ2) is 3.99. The van der Waals surface area contributed by atoms with Gasteiger partial charge in [-0.3, -0.25) is 4.79 Å². The van der Waals surface area contributed by atoms with Crippen molar-refractivity contribution in [3.63, 3.8) is 0 Å². The maximum Gasteiger partial charge on any atom is 0.246 e. The molecule has 1 N–H and O–H groups in total. The number of likely N-dealkylation sites (N-methyl/N-ethyl adjacent to an activating group) is 1. The van der Waals surface area contributed by atoms with E-state index in [2.05, 4.69) is 32.2 Å². The third-order valence-electron chi connectivity index (χ3n) is 3.49. The number of fused-ring (bicyclic) bond motifs is 1. The number of carbonyl (C=O) groups is 1. The Bertz CT molecular complexity index is 473. The van der Waals surface area contributed by atoms with Gasteiger partial charge in [-0.05, 0) is 18.2 Å². The number of carbonyl (C=O) groups excluding carboxylic acids is 1. The lowest BCUT2D eigenvalue weighted by atomic mass is 10.1. The average Bonchev–Trinajstić information content (AvgIpc) is 2.23. The number of rotatable bonds is 1. The van der Waals surface area contributed by atoms with Crippen LogP contribution in [-0.4, -0.2) is 38.6 Å². The van der Waals surface area contributed by atoms with Gasteiger partial charge in [-0.15, -0.1) is 0 Å². The molecule has 2 heterocycles. The summed E-state index contributed by atoms with van der Waals surface area (Å²) in [5, 5.41) is 3.25. The topological polar surface area (TPSA) is 35.6 Å². The molecule has 1 fully saturated rings. The number of nitrogens with zero attached hydrogens (tertiary/aromatic N) is 2. The lowest BCUT2D eigenvalue weighted by Crippen LogP contribution is -2.61. The highest BCUT2D eigenvalue weighted by Gasteiger charge is 2.33. The van der Waals surface area contributed by atoms with Crippen molar-refractivity contribution in [2.75, 3.05) is 36.5 Å². The van der Waals surface area contributed by atoms with E-state index in [0.29, 0.717) is 12.6 Å². The number of halogens is 1. The van der Waals surface area contributed by atoms with Gasteiger partial charge < -0.3 is 15.1 Å². The Morgan fingerprint density at radius 1 is 1.35 bits per heavy atom. The van der Waals surface area contributed by atoms with Gasteiger partial charge >= 0.3 is 0 Å². The molecule has 1 saturated heterocycles. The summed E-state index contributed by atoms with van der Waals surface area (Å²) in [6, 6.07) is 6.51. The molecule has 0 aromatic heterocycles. The van der Waals surface area contributed by atoms with Crippen molar-refractivity contribution in [1.29, 1.82) is 0 Å². The number of amides is 1. The maximum absolute atomic E-state index is 11.9. The lowest BCUT2D eigenvalue weighted by molar-refractivity contribution is -0.117. The van der Waals surface area contributed by atoms with E-state index in [1.54, 1.807) is 4.90 Å². The minimum absolute atomic E-state index is 0.159. The summed E-state index contributed by atoms with van der Waals surface area (Å²) < 4.78 is 1.05. The molecule has 0 bridgehead atoms. The van der Waals surface area contributed by atoms with E-state index >= 15 is 0 Å². The predicted molar refractivity (Wildman–Crippen MR) is 71.6 cm³/mol. The minimum Gasteiger partial charge on any atom is -0.355 e. The van der Waals surface area contributed by atoms with Gasteiger partial charge in [-0.25, -0.2) is 0 Å². The summed E-state index contributed by atoms with van der Waals surface area (Å²) in [7, 11) is 1.84. The average molecular weight is 296 g/mol. The first kappa shape index (κ1) is 11.0. The van der Waals surface area contributed by atoms with Gasteiger partial charge in [0.1, 0.15) is 0 Å². The predicted octanol–water partition coefficient (Wildman–Crippen LogP) is 1.20. The molecular formula is C12H14BrN3O. The monoisotopic (exact) mass is 295 g/mol. The van der Waals surface area contributed by atoms with Gasteiger partial charge in [0, 0.05) is 24.6 Å². The summed E-state index contributed by atoms with van der Waals surface area (Å²) in [5.74, 6) is 0.159. The zero-order valence-corrected chi connectivity index (χ0v) is 11.2. The van der Waals surface area contributed by atoms with Crippen molar-refractivity contribution < 1.29 is 4.79 Å². The molecule has 3 rings (SSSR count). The standard InChI is InChI=1S/C12H14BrN3O/c1-15-10-3-2-8(13)4-11(10)16(7-12(15)17)9-5-14-6-9/h2-4,9,14H,5-7H2,1H3. The molecule has 5 heteroatoms. The lowest BCUT2D eigenvalue weighted by Gasteiger charge is -2.44. The van der Waals surface area contributed by atoms with Crippen LogP contribution in [0.2, 0.25) is 0 Å². The summed E-state index contributed by atoms with van der Waals surface area (Å²) in [5.41, 5.74) is 2.14. The minimum atomic E-state index is 0.159. The Morgan fingerprint density at radius 3 is 2.76 bits per heavy atom. The molecule has 0 atom stereocenters. The molecule has 0 saturated carbocycles. The van der Waals surface area contributed by atoms with Crippen molar-refractivity contribution in [2.45, 2.75) is 6.04 Å². The molecule has 2 aliphatic heterocycles. The fourth-order valence-electron chi connectivity index (χ4n) is 2.30. The number of benzene rings is 1. The van der Waals surface area contributed by atoms with Crippen LogP contribution in [0.3, 0.4) is 0 Å². The highest BCUT2D eigenvalue weighted by atomic mass is 79.9. The first-order valence-corrected chi connectivity index (χ1v) is 6.49. The quantitative estimate of drug-likeness (QED) is 0.846. The van der Waals surface area contributed by atoms with Crippen LogP contribution >= 0.6 is 15.9 Å². The molecule has 0 unspecified atom stereocenters. The van der Waals surface area contributed by atoms with Gasteiger partial charge in [0.15, 0.2) is 0 Å². The molecule has 90 valence electrons. The van der Waals surface area contributed by atoms with Crippen LogP contribution < -0.4 is 15.1 Å². The van der Waals surface area contributed by atoms with Crippen molar-refractivity contribution in [3.05, 3.63) is 22.7 Å². The molecule has 2 aliphatic rings. The summed E-state index contributed by atoms with van der Waals surface area (Å²) in [6.45, 7) is 2.40. The van der Waals surface area contributed by atoms with Gasteiger partial charge in [0.05, 0.1) is 24.0 Å². The van der Waals surface area contributed by atoms with Crippen LogP contribution in [0.5, 0.6) is 0 Å². The van der Waals surface area contributed by atoms with Crippen molar-refractivity contribution in [1.82, 2.24) is 5.32 Å². The van der Waals surface area contributed by atoms with E-state index < -0.39 is 0 Å². The summed E-state index contributed by atoms with van der Waals surface area (Å²) in [4.78, 5) is 15.9. The third-order valence-corrected chi connectivity index (χ3v) is 3.98. The fraction of sp³-hybridized carbons (Fsp3) is 0.417. The molecule has 0 aliphatic carbocycles. The van der Waals surface area contributed by atoms with Crippen molar-refractivity contribution in [3.8, 4) is 0 Å². The van der Waals surface area contributed by atoms with E-state index in [1.807, 2.05) is 19.2 Å². The number of hydrogen-bond donors (Lipinski definition) is 1. The number of hydrogen-bond acceptors (Lipinski definition) is 3. The molecule has 17 heavy (non-hydrogen) atoms. The zero-order chi connectivity index (χ0) is 12.0. The Morgan fingerprint density at radius 2 is 2.12 bits per heavy atom. The second-order valence-electron chi connectivity index (χ2n) is 4.53. The molecule has 0 radical (unpaired) electrons. The van der Waals surface area contributed by atoms with E-state index in [4.69, 9.17) is 0 Å². The zero-order valence-electron chi connectivity index (χ0n) is 9.61. The number of nitrogens with one attached hydrogen (secondary N) is 1. The SMILES string of the molecule is CN1C(=O)CN(C2CNC2)c2cc(Br)ccc21. The maximum atomic E-state index is 11.9. The molecule has 1 aromatic rings. The van der Waals surface area contributed by atoms with Crippen LogP contribution in [0.25, 0.3) is 0 Å². The molecule has 1 amide bonds. The Balaban J connectivity index is 2.05. The molecular weight excluding hydrogens is 282 g/mol. The van der Waals surface area contributed by atoms with Crippen LogP contribution in [0.4, 0.5) is 11.4 Å². The third kappa shape index (κ3) is 1.73. The molecule has 0 spiro atoms. The first-order chi connectivity index (χ1) is 8.16. The Labute approximate surface area is 109 Å². The second-order valence-corrected chi connectivity index (χ2v) is 5.44. The van der Waals surface area contributed by atoms with E-state index in [9.17, 15) is 4.79 Å². The number of anilines is 2. The van der Waals surface area contributed by atoms with Gasteiger partial charge in [0.25, 0.3) is 0 Å². The van der Waals surface area contributed by atoms with Crippen LogP contribution in [0.1, 0.15) is 0 Å². The van der Waals surface area contributed by atoms with Crippen molar-refractivity contribution >= 4 is 33.2 Å². The largest absolute Gasteiger partial charge is 0.355 e. The fourth-order valence-corrected chi connectivity index (χ4v) is 2.65. The normalized spacial score (nSPS) is 20.2. The smallest absolute Gasteiger partial charge is 0.246 e. The Kier molecular flexibility index (Phi) is 2.60. The summed E-state index contributed by atoms with van der Waals surface area (Å²) >= 11 is 3.50. The van der Waals surface area contributed by atoms with Crippen LogP contribution in [0, 0.1) is 0 Å². The first-order valence-electron chi connectivity index (χ1n) is 5.70. The van der Waals surface area contributed by atoms with Crippen LogP contribution in [-0.2, 0) is 4.79 Å². The van der Waals surface area contributed by atoms with Crippen molar-refractivity contribution in [2.24, 2.45) is 0 Å². The molecule has 4 nitrogen and oxygen atoms in total. The highest BCUT2D eigenvalue weighted by Crippen LogP contribution is 2.36. The van der Waals surface area contributed by atoms with Gasteiger partial charge in [0.2, 0.25) is 5.91 Å². The Hall–Kier alpha value is -1.07. The van der Waals surface area contributed by atoms with Gasteiger partial charge in [-0.2, -0.15) is 0 Å². The van der Waals surface area contributed by atoms with E-state index in [1.165, 1.54) is 0 Å².